The molecule has 1 aliphatic heterocycles. The van der Waals surface area contributed by atoms with E-state index in [1.54, 1.807) is 0 Å². The van der Waals surface area contributed by atoms with Gasteiger partial charge in [-0.3, -0.25) is 0 Å². The van der Waals surface area contributed by atoms with Crippen LogP contribution in [0.5, 0.6) is 0 Å². The predicted molar refractivity (Wildman–Crippen MR) is 264 cm³/mol. The molecule has 0 radical (unpaired) electrons. The Morgan fingerprint density at radius 3 is 1.41 bits per heavy atom. The van der Waals surface area contributed by atoms with Crippen LogP contribution in [0.15, 0.2) is 231 Å². The van der Waals surface area contributed by atoms with Crippen LogP contribution < -0.4 is 17.7 Å². The summed E-state index contributed by atoms with van der Waals surface area (Å²) in [4.78, 5) is 11.2. The summed E-state index contributed by atoms with van der Waals surface area (Å²) in [6, 6.07) is 83.9. The first kappa shape index (κ1) is 35.9. The first-order chi connectivity index (χ1) is 31.3. The zero-order valence-corrected chi connectivity index (χ0v) is 36.3. The van der Waals surface area contributed by atoms with Crippen molar-refractivity contribution in [1.82, 2.24) is 19.1 Å². The van der Waals surface area contributed by atoms with Crippen LogP contribution in [-0.4, -0.2) is 32.4 Å². The SMILES string of the molecule is c1ccc(-c2nc(-c3ccc(-n4c5ccccc5c5c6c7ccccc7n(-c7ccccc7)c6ccc54)cc3)c3[c](n2)[Ge]([c]2ccccc2)([c]2ccccc2)[c]2ccccc2-3)cc1. The standard InChI is InChI=1S/C58H38GeN4/c1-5-19-40(20-6-1)58-60-56(55-45-27-13-16-30-48(45)59(57(55)61-58,41-21-7-2-8-22-41)42-23-9-3-10-24-42)39-33-35-44(36-34-39)63-50-32-18-15-29-47(50)54-52(63)38-37-51-53(54)46-28-14-17-31-49(46)62(51)43-25-11-4-12-26-43/h1-38H. The summed E-state index contributed by atoms with van der Waals surface area (Å²) in [7, 11) is 0. The molecule has 294 valence electrons. The van der Waals surface area contributed by atoms with E-state index in [1.807, 2.05) is 0 Å². The molecule has 0 unspecified atom stereocenters. The molecule has 0 bridgehead atoms. The van der Waals surface area contributed by atoms with E-state index in [4.69, 9.17) is 9.97 Å². The number of rotatable bonds is 6. The molecule has 9 aromatic carbocycles. The average Bonchev–Trinajstić information content (AvgIpc) is 3.99. The molecule has 5 heteroatoms. The number of aromatic nitrogens is 4. The van der Waals surface area contributed by atoms with Crippen LogP contribution in [-0.2, 0) is 0 Å². The van der Waals surface area contributed by atoms with Crippen LogP contribution in [0.25, 0.3) is 88.8 Å². The van der Waals surface area contributed by atoms with Crippen molar-refractivity contribution in [3.8, 4) is 45.1 Å². The molecule has 0 atom stereocenters. The fourth-order valence-electron chi connectivity index (χ4n) is 10.6. The zero-order valence-electron chi connectivity index (χ0n) is 34.2. The van der Waals surface area contributed by atoms with Crippen LogP contribution >= 0.6 is 0 Å². The molecule has 13 rings (SSSR count). The Morgan fingerprint density at radius 1 is 0.349 bits per heavy atom. The molecule has 4 heterocycles. The third-order valence-corrected chi connectivity index (χ3v) is 23.1. The van der Waals surface area contributed by atoms with Gasteiger partial charge in [-0.2, -0.15) is 0 Å². The van der Waals surface area contributed by atoms with Crippen molar-refractivity contribution in [2.24, 2.45) is 0 Å². The molecule has 0 amide bonds. The Morgan fingerprint density at radius 2 is 0.825 bits per heavy atom. The number of fused-ring (bicyclic) bond motifs is 10. The van der Waals surface area contributed by atoms with Gasteiger partial charge in [0.2, 0.25) is 0 Å². The van der Waals surface area contributed by atoms with Gasteiger partial charge in [-0.05, 0) is 18.2 Å². The van der Waals surface area contributed by atoms with Gasteiger partial charge in [0.15, 0.2) is 0 Å². The van der Waals surface area contributed by atoms with Crippen LogP contribution in [0.4, 0.5) is 0 Å². The molecule has 0 fully saturated rings. The van der Waals surface area contributed by atoms with E-state index in [2.05, 4.69) is 240 Å². The van der Waals surface area contributed by atoms with Crippen LogP contribution in [0.1, 0.15) is 0 Å². The van der Waals surface area contributed by atoms with Crippen molar-refractivity contribution >= 4 is 74.6 Å². The third kappa shape index (κ3) is 5.22. The summed E-state index contributed by atoms with van der Waals surface area (Å²) in [5.41, 5.74) is 12.5. The topological polar surface area (TPSA) is 35.6 Å². The van der Waals surface area contributed by atoms with Gasteiger partial charge in [0, 0.05) is 5.69 Å². The van der Waals surface area contributed by atoms with E-state index in [-0.39, 0.29) is 0 Å². The van der Waals surface area contributed by atoms with Crippen LogP contribution in [0.2, 0.25) is 0 Å². The van der Waals surface area contributed by atoms with Crippen LogP contribution in [0.3, 0.4) is 0 Å². The second kappa shape index (κ2) is 14.1. The minimum atomic E-state index is -3.67. The number of benzene rings is 9. The van der Waals surface area contributed by atoms with E-state index in [1.165, 1.54) is 66.9 Å². The monoisotopic (exact) mass is 864 g/mol. The molecule has 0 saturated heterocycles. The Kier molecular flexibility index (Phi) is 8.05. The maximum atomic E-state index is 5.69. The predicted octanol–water partition coefficient (Wildman–Crippen LogP) is 11.4. The van der Waals surface area contributed by atoms with Gasteiger partial charge < -0.3 is 4.57 Å². The Bertz CT molecular complexity index is 3670. The summed E-state index contributed by atoms with van der Waals surface area (Å²) in [6.07, 6.45) is 0. The Hall–Kier alpha value is -7.80. The summed E-state index contributed by atoms with van der Waals surface area (Å²) in [5.74, 6) is 0.754. The molecule has 0 saturated carbocycles. The number of para-hydroxylation sites is 3. The first-order valence-electron chi connectivity index (χ1n) is 21.6. The van der Waals surface area contributed by atoms with E-state index in [9.17, 15) is 0 Å². The second-order valence-corrected chi connectivity index (χ2v) is 24.1. The minimum absolute atomic E-state index is 0.754. The summed E-state index contributed by atoms with van der Waals surface area (Å²) >= 11 is -3.67. The molecule has 0 N–H and O–H groups in total. The normalized spacial score (nSPS) is 12.9. The molecule has 0 spiro atoms. The Balaban J connectivity index is 1.05. The van der Waals surface area contributed by atoms with Crippen LogP contribution in [0, 0.1) is 0 Å². The second-order valence-electron chi connectivity index (χ2n) is 16.5. The average molecular weight is 864 g/mol. The molecule has 63 heavy (non-hydrogen) atoms. The molecule has 0 aliphatic carbocycles. The fraction of sp³-hybridized carbons (Fsp3) is 0. The number of hydrogen-bond acceptors (Lipinski definition) is 2. The van der Waals surface area contributed by atoms with E-state index in [0.717, 1.165) is 39.6 Å². The van der Waals surface area contributed by atoms with Crippen molar-refractivity contribution < 1.29 is 0 Å². The molecule has 4 nitrogen and oxygen atoms in total. The van der Waals surface area contributed by atoms with Gasteiger partial charge in [0.05, 0.1) is 5.52 Å². The van der Waals surface area contributed by atoms with Crippen molar-refractivity contribution in [2.45, 2.75) is 0 Å². The summed E-state index contributed by atoms with van der Waals surface area (Å²) < 4.78 is 10.1. The van der Waals surface area contributed by atoms with Gasteiger partial charge in [-0.1, -0.05) is 36.4 Å². The summed E-state index contributed by atoms with van der Waals surface area (Å²) in [5, 5.41) is 5.02. The van der Waals surface area contributed by atoms with Gasteiger partial charge in [0.25, 0.3) is 0 Å². The number of nitrogens with zero attached hydrogens (tertiary/aromatic N) is 4. The molecule has 1 aliphatic rings. The first-order valence-corrected chi connectivity index (χ1v) is 25.8. The van der Waals surface area contributed by atoms with E-state index < -0.39 is 13.3 Å². The molecular weight excluding hydrogens is 825 g/mol. The third-order valence-electron chi connectivity index (χ3n) is 13.2. The fourth-order valence-corrected chi connectivity index (χ4v) is 21.1. The number of hydrogen-bond donors (Lipinski definition) is 0. The van der Waals surface area contributed by atoms with Crippen molar-refractivity contribution in [3.05, 3.63) is 231 Å². The molecule has 12 aromatic rings. The van der Waals surface area contributed by atoms with E-state index in [0.29, 0.717) is 0 Å². The van der Waals surface area contributed by atoms with Crippen molar-refractivity contribution in [3.63, 3.8) is 0 Å². The quantitative estimate of drug-likeness (QED) is 0.156. The maximum absolute atomic E-state index is 5.69. The summed E-state index contributed by atoms with van der Waals surface area (Å²) in [6.45, 7) is 0. The molecule has 3 aromatic heterocycles. The van der Waals surface area contributed by atoms with Gasteiger partial charge in [0.1, 0.15) is 0 Å². The Labute approximate surface area is 367 Å². The van der Waals surface area contributed by atoms with E-state index >= 15 is 0 Å². The zero-order chi connectivity index (χ0) is 41.5. The van der Waals surface area contributed by atoms with Gasteiger partial charge >= 0.3 is 299 Å². The van der Waals surface area contributed by atoms with Crippen molar-refractivity contribution in [2.75, 3.05) is 0 Å². The van der Waals surface area contributed by atoms with Gasteiger partial charge in [-0.15, -0.1) is 0 Å². The van der Waals surface area contributed by atoms with Crippen molar-refractivity contribution in [1.29, 1.82) is 0 Å². The van der Waals surface area contributed by atoms with Gasteiger partial charge in [-0.25, -0.2) is 0 Å². The molecular formula is C58H38GeN4.